The van der Waals surface area contributed by atoms with Gasteiger partial charge in [0.15, 0.2) is 22.8 Å². The number of thioether (sulfide) groups is 1. The van der Waals surface area contributed by atoms with Crippen LogP contribution in [0, 0.1) is 0 Å². The van der Waals surface area contributed by atoms with Gasteiger partial charge < -0.3 is 9.47 Å². The van der Waals surface area contributed by atoms with Crippen molar-refractivity contribution in [1.29, 1.82) is 0 Å². The minimum absolute atomic E-state index is 0.179. The molecule has 1 amide bonds. The summed E-state index contributed by atoms with van der Waals surface area (Å²) in [5, 5.41) is 11.5. The van der Waals surface area contributed by atoms with E-state index in [1.807, 2.05) is 49.4 Å². The number of methoxy groups -OCH3 is 1. The van der Waals surface area contributed by atoms with Crippen molar-refractivity contribution in [2.24, 2.45) is 10.1 Å². The molecule has 0 saturated heterocycles. The van der Waals surface area contributed by atoms with E-state index in [-0.39, 0.29) is 5.91 Å². The van der Waals surface area contributed by atoms with Crippen LogP contribution >= 0.6 is 11.8 Å². The van der Waals surface area contributed by atoms with E-state index < -0.39 is 6.17 Å². The summed E-state index contributed by atoms with van der Waals surface area (Å²) in [4.78, 5) is 18.1. The molecule has 2 aromatic carbocycles. The van der Waals surface area contributed by atoms with Crippen LogP contribution in [0.4, 0.5) is 0 Å². The summed E-state index contributed by atoms with van der Waals surface area (Å²) in [6.07, 6.45) is 1.59. The number of fused-ring (bicyclic) bond motifs is 2. The number of amidine groups is 1. The van der Waals surface area contributed by atoms with E-state index in [0.29, 0.717) is 29.0 Å². The Labute approximate surface area is 185 Å². The first-order valence-electron chi connectivity index (χ1n) is 10.5. The van der Waals surface area contributed by atoms with Crippen LogP contribution in [0.1, 0.15) is 38.4 Å². The van der Waals surface area contributed by atoms with Crippen LogP contribution in [0.15, 0.2) is 52.6 Å². The molecule has 0 aromatic heterocycles. The molecule has 1 atom stereocenters. The van der Waals surface area contributed by atoms with Crippen molar-refractivity contribution < 1.29 is 14.3 Å². The molecular formula is C23H26N4O3S. The Kier molecular flexibility index (Phi) is 6.46. The van der Waals surface area contributed by atoms with Gasteiger partial charge in [0.1, 0.15) is 5.70 Å². The van der Waals surface area contributed by atoms with Crippen molar-refractivity contribution in [2.75, 3.05) is 19.5 Å². The first kappa shape index (κ1) is 21.2. The summed E-state index contributed by atoms with van der Waals surface area (Å²) in [6, 6.07) is 13.3. The van der Waals surface area contributed by atoms with Crippen molar-refractivity contribution in [3.05, 3.63) is 58.6 Å². The number of para-hydroxylation sites is 2. The maximum absolute atomic E-state index is 13.2. The fraction of sp³-hybridized carbons (Fsp3) is 0.348. The Morgan fingerprint density at radius 2 is 2.00 bits per heavy atom. The summed E-state index contributed by atoms with van der Waals surface area (Å²) in [5.74, 6) is 1.95. The fourth-order valence-corrected chi connectivity index (χ4v) is 4.57. The van der Waals surface area contributed by atoms with Gasteiger partial charge in [-0.25, -0.2) is 5.01 Å². The second-order valence-corrected chi connectivity index (χ2v) is 8.17. The predicted molar refractivity (Wildman–Crippen MR) is 122 cm³/mol. The number of hydrogen-bond acceptors (Lipinski definition) is 7. The summed E-state index contributed by atoms with van der Waals surface area (Å²) in [7, 11) is 1.61. The number of benzene rings is 2. The highest BCUT2D eigenvalue weighted by atomic mass is 32.2. The van der Waals surface area contributed by atoms with Crippen LogP contribution in [-0.2, 0) is 4.79 Å². The third-order valence-electron chi connectivity index (χ3n) is 5.04. The van der Waals surface area contributed by atoms with E-state index in [1.165, 1.54) is 0 Å². The third-order valence-corrected chi connectivity index (χ3v) is 5.99. The Bertz CT molecular complexity index is 1130. The number of carbonyl (C=O) groups excluding carboxylic acids is 1. The number of hydrogen-bond donors (Lipinski definition) is 1. The number of ether oxygens (including phenoxy) is 2. The molecule has 0 aliphatic carbocycles. The molecule has 7 nitrogen and oxygen atoms in total. The molecule has 0 fully saturated rings. The largest absolute Gasteiger partial charge is 0.492 e. The number of rotatable bonds is 7. The van der Waals surface area contributed by atoms with E-state index in [9.17, 15) is 4.79 Å². The van der Waals surface area contributed by atoms with Crippen LogP contribution < -0.4 is 25.4 Å². The van der Waals surface area contributed by atoms with E-state index in [2.05, 4.69) is 12.2 Å². The molecule has 31 heavy (non-hydrogen) atoms. The van der Waals surface area contributed by atoms with E-state index in [1.54, 1.807) is 23.9 Å². The van der Waals surface area contributed by atoms with Crippen molar-refractivity contribution in [1.82, 2.24) is 10.3 Å². The highest BCUT2D eigenvalue weighted by Crippen LogP contribution is 2.40. The van der Waals surface area contributed by atoms with Gasteiger partial charge in [0.05, 0.1) is 19.1 Å². The average Bonchev–Trinajstić information content (AvgIpc) is 2.78. The Balaban J connectivity index is 1.87. The Morgan fingerprint density at radius 3 is 2.77 bits per heavy atom. The summed E-state index contributed by atoms with van der Waals surface area (Å²) >= 11 is 1.55. The highest BCUT2D eigenvalue weighted by Gasteiger charge is 2.36. The molecule has 4 rings (SSSR count). The van der Waals surface area contributed by atoms with Crippen LogP contribution in [0.2, 0.25) is 0 Å². The molecule has 2 heterocycles. The maximum atomic E-state index is 13.2. The standard InChI is InChI=1S/C23H26N4O3S/c1-4-6-14-31-23-25-22(28)19-15-10-7-8-12-17(15)24-21(27(19)26-23)16-11-9-13-18(30-5-2)20(16)29-3/h7-13,21H,4-6,14H2,1-3H3,(H,25,26,28). The molecule has 2 aliphatic heterocycles. The highest BCUT2D eigenvalue weighted by molar-refractivity contribution is 8.13. The van der Waals surface area contributed by atoms with Crippen LogP contribution in [0.25, 0.3) is 5.70 Å². The van der Waals surface area contributed by atoms with Gasteiger partial charge in [0.2, 0.25) is 0 Å². The number of carbonyl (C=O) groups is 1. The van der Waals surface area contributed by atoms with Crippen molar-refractivity contribution in [3.8, 4) is 11.5 Å². The number of unbranched alkanes of at least 4 members (excludes halogenated alkanes) is 1. The van der Waals surface area contributed by atoms with Gasteiger partial charge in [-0.05, 0) is 25.5 Å². The van der Waals surface area contributed by atoms with Gasteiger partial charge in [-0.15, -0.1) is 5.10 Å². The smallest absolute Gasteiger partial charge is 0.276 e. The third kappa shape index (κ3) is 4.12. The second kappa shape index (κ2) is 9.43. The van der Waals surface area contributed by atoms with Crippen molar-refractivity contribution in [2.45, 2.75) is 32.9 Å². The van der Waals surface area contributed by atoms with Gasteiger partial charge >= 0.3 is 0 Å². The van der Waals surface area contributed by atoms with E-state index in [0.717, 1.165) is 34.7 Å². The summed E-state index contributed by atoms with van der Waals surface area (Å²) in [5.41, 5.74) is 1.27. The van der Waals surface area contributed by atoms with Gasteiger partial charge in [0, 0.05) is 16.5 Å². The van der Waals surface area contributed by atoms with Crippen LogP contribution in [0.3, 0.4) is 0 Å². The molecule has 0 radical (unpaired) electrons. The molecule has 0 saturated carbocycles. The van der Waals surface area contributed by atoms with Gasteiger partial charge in [0.25, 0.3) is 5.91 Å². The molecule has 8 heteroatoms. The monoisotopic (exact) mass is 438 g/mol. The first-order chi connectivity index (χ1) is 15.2. The number of amides is 1. The summed E-state index contributed by atoms with van der Waals surface area (Å²) < 4.78 is 11.5. The Hall–Kier alpha value is -3.00. The van der Waals surface area contributed by atoms with Gasteiger partial charge in [-0.1, -0.05) is 55.4 Å². The molecule has 162 valence electrons. The molecule has 1 unspecified atom stereocenters. The molecule has 1 N–H and O–H groups in total. The first-order valence-corrected chi connectivity index (χ1v) is 11.4. The van der Waals surface area contributed by atoms with E-state index >= 15 is 0 Å². The SMILES string of the molecule is CCCCSC1=NN2C(=c3ccccc3=NC2c2cccc(OCC)c2OC)C(=O)N1. The molecule has 2 aromatic rings. The minimum atomic E-state index is -0.548. The lowest BCUT2D eigenvalue weighted by molar-refractivity contribution is -0.116. The number of hydrazone groups is 1. The zero-order chi connectivity index (χ0) is 21.8. The van der Waals surface area contributed by atoms with Gasteiger partial charge in [-0.3, -0.25) is 15.1 Å². The molecule has 0 spiro atoms. The lowest BCUT2D eigenvalue weighted by Gasteiger charge is -2.34. The molecule has 2 aliphatic rings. The second-order valence-electron chi connectivity index (χ2n) is 7.09. The van der Waals surface area contributed by atoms with E-state index in [4.69, 9.17) is 19.6 Å². The fourth-order valence-electron chi connectivity index (χ4n) is 3.63. The van der Waals surface area contributed by atoms with Crippen molar-refractivity contribution in [3.63, 3.8) is 0 Å². The maximum Gasteiger partial charge on any atom is 0.276 e. The number of nitrogens with one attached hydrogen (secondary N) is 1. The minimum Gasteiger partial charge on any atom is -0.492 e. The molecule has 0 bridgehead atoms. The topological polar surface area (TPSA) is 75.5 Å². The lowest BCUT2D eigenvalue weighted by atomic mass is 10.1. The lowest BCUT2D eigenvalue weighted by Crippen LogP contribution is -2.50. The van der Waals surface area contributed by atoms with Crippen molar-refractivity contribution >= 4 is 28.5 Å². The van der Waals surface area contributed by atoms with Crippen LogP contribution in [0.5, 0.6) is 11.5 Å². The average molecular weight is 439 g/mol. The quantitative estimate of drug-likeness (QED) is 0.673. The predicted octanol–water partition coefficient (Wildman–Crippen LogP) is 2.77. The number of nitrogens with zero attached hydrogens (tertiary/aromatic N) is 3. The Morgan fingerprint density at radius 1 is 1.16 bits per heavy atom. The zero-order valence-electron chi connectivity index (χ0n) is 17.9. The zero-order valence-corrected chi connectivity index (χ0v) is 18.7. The summed E-state index contributed by atoms with van der Waals surface area (Å²) in [6.45, 7) is 4.59. The molecular weight excluding hydrogens is 412 g/mol. The normalized spacial score (nSPS) is 17.2. The van der Waals surface area contributed by atoms with Gasteiger partial charge in [-0.2, -0.15) is 0 Å². The van der Waals surface area contributed by atoms with Crippen LogP contribution in [-0.4, -0.2) is 35.6 Å².